The maximum atomic E-state index is 13.0. The molecule has 28 heavy (non-hydrogen) atoms. The third-order valence-electron chi connectivity index (χ3n) is 5.56. The molecule has 0 bridgehead atoms. The van der Waals surface area contributed by atoms with Crippen molar-refractivity contribution in [2.24, 2.45) is 0 Å². The van der Waals surface area contributed by atoms with Gasteiger partial charge in [0.1, 0.15) is 10.7 Å². The number of thiophene rings is 1. The van der Waals surface area contributed by atoms with Gasteiger partial charge in [0.05, 0.1) is 10.3 Å². The van der Waals surface area contributed by atoms with Crippen LogP contribution in [0.3, 0.4) is 0 Å². The highest BCUT2D eigenvalue weighted by molar-refractivity contribution is 7.20. The molecule has 3 heterocycles. The van der Waals surface area contributed by atoms with E-state index >= 15 is 0 Å². The van der Waals surface area contributed by atoms with Crippen LogP contribution < -0.4 is 10.9 Å². The second-order valence-electron chi connectivity index (χ2n) is 7.64. The lowest BCUT2D eigenvalue weighted by atomic mass is 10.1. The highest BCUT2D eigenvalue weighted by atomic mass is 32.1. The number of carbonyl (C=O) groups is 1. The summed E-state index contributed by atoms with van der Waals surface area (Å²) in [5.74, 6) is 0.721. The summed E-state index contributed by atoms with van der Waals surface area (Å²) in [5, 5.41) is 3.62. The van der Waals surface area contributed by atoms with Crippen LogP contribution in [0, 0.1) is 20.8 Å². The number of rotatable bonds is 3. The number of aryl methyl sites for hydroxylation is 4. The van der Waals surface area contributed by atoms with Crippen LogP contribution in [0.4, 0.5) is 0 Å². The van der Waals surface area contributed by atoms with E-state index in [4.69, 9.17) is 4.98 Å². The van der Waals surface area contributed by atoms with E-state index < -0.39 is 0 Å². The molecule has 5 nitrogen and oxygen atoms in total. The van der Waals surface area contributed by atoms with Crippen molar-refractivity contribution in [3.05, 3.63) is 61.5 Å². The molecule has 2 aromatic heterocycles. The quantitative estimate of drug-likeness (QED) is 0.728. The summed E-state index contributed by atoms with van der Waals surface area (Å²) in [6.07, 6.45) is 4.02. The van der Waals surface area contributed by atoms with Crippen LogP contribution in [0.25, 0.3) is 10.2 Å². The summed E-state index contributed by atoms with van der Waals surface area (Å²) < 4.78 is 1.81. The number of nitrogens with zero attached hydrogens (tertiary/aromatic N) is 2. The fourth-order valence-electron chi connectivity index (χ4n) is 3.93. The zero-order valence-corrected chi connectivity index (χ0v) is 17.4. The fourth-order valence-corrected chi connectivity index (χ4v) is 5.03. The van der Waals surface area contributed by atoms with Gasteiger partial charge in [-0.25, -0.2) is 4.98 Å². The second-order valence-corrected chi connectivity index (χ2v) is 8.64. The van der Waals surface area contributed by atoms with E-state index in [0.29, 0.717) is 21.6 Å². The molecule has 1 amide bonds. The average Bonchev–Trinajstić information content (AvgIpc) is 2.83. The standard InChI is InChI=1S/C22H25N3O2S/c1-13-8-9-16(14(2)11-13)12-23-20(26)19-15(3)18-21(28-19)24-17-7-5-4-6-10-25(17)22(18)27/h8-9,11H,4-7,10,12H2,1-3H3,(H,23,26). The highest BCUT2D eigenvalue weighted by Gasteiger charge is 2.22. The Morgan fingerprint density at radius 2 is 2.04 bits per heavy atom. The summed E-state index contributed by atoms with van der Waals surface area (Å²) in [7, 11) is 0. The van der Waals surface area contributed by atoms with E-state index in [2.05, 4.69) is 31.3 Å². The number of hydrogen-bond donors (Lipinski definition) is 1. The number of amides is 1. The lowest BCUT2D eigenvalue weighted by Gasteiger charge is -2.09. The predicted octanol–water partition coefficient (Wildman–Crippen LogP) is 4.04. The van der Waals surface area contributed by atoms with Crippen LogP contribution in [0.5, 0.6) is 0 Å². The first-order chi connectivity index (χ1) is 13.5. The monoisotopic (exact) mass is 395 g/mol. The highest BCUT2D eigenvalue weighted by Crippen LogP contribution is 2.28. The Labute approximate surface area is 168 Å². The zero-order valence-electron chi connectivity index (χ0n) is 16.6. The van der Waals surface area contributed by atoms with Gasteiger partial charge in [0, 0.05) is 19.5 Å². The van der Waals surface area contributed by atoms with Crippen LogP contribution in [0.1, 0.15) is 57.0 Å². The molecular weight excluding hydrogens is 370 g/mol. The van der Waals surface area contributed by atoms with Crippen LogP contribution in [0.15, 0.2) is 23.0 Å². The van der Waals surface area contributed by atoms with Gasteiger partial charge in [-0.05, 0) is 50.3 Å². The molecule has 0 spiro atoms. The maximum absolute atomic E-state index is 13.0. The third kappa shape index (κ3) is 3.37. The summed E-state index contributed by atoms with van der Waals surface area (Å²) >= 11 is 1.33. The molecule has 146 valence electrons. The van der Waals surface area contributed by atoms with Crippen molar-refractivity contribution >= 4 is 27.5 Å². The Kier molecular flexibility index (Phi) is 5.06. The van der Waals surface area contributed by atoms with Crippen LogP contribution >= 0.6 is 11.3 Å². The molecule has 1 aliphatic rings. The van der Waals surface area contributed by atoms with Gasteiger partial charge < -0.3 is 5.32 Å². The number of benzene rings is 1. The molecular formula is C22H25N3O2S. The van der Waals surface area contributed by atoms with Gasteiger partial charge in [0.15, 0.2) is 0 Å². The molecule has 0 fully saturated rings. The van der Waals surface area contributed by atoms with E-state index in [1.165, 1.54) is 16.9 Å². The van der Waals surface area contributed by atoms with Crippen LogP contribution in [0.2, 0.25) is 0 Å². The molecule has 6 heteroatoms. The maximum Gasteiger partial charge on any atom is 0.262 e. The minimum absolute atomic E-state index is 0.00378. The lowest BCUT2D eigenvalue weighted by Crippen LogP contribution is -2.25. The van der Waals surface area contributed by atoms with E-state index in [-0.39, 0.29) is 11.5 Å². The Balaban J connectivity index is 1.65. The van der Waals surface area contributed by atoms with Crippen molar-refractivity contribution in [1.29, 1.82) is 0 Å². The summed E-state index contributed by atoms with van der Waals surface area (Å²) in [6, 6.07) is 6.22. The Morgan fingerprint density at radius 3 is 2.82 bits per heavy atom. The van der Waals surface area contributed by atoms with Gasteiger partial charge in [0.25, 0.3) is 11.5 Å². The van der Waals surface area contributed by atoms with Gasteiger partial charge in [-0.3, -0.25) is 14.2 Å². The molecule has 0 aliphatic carbocycles. The smallest absolute Gasteiger partial charge is 0.262 e. The number of carbonyl (C=O) groups excluding carboxylic acids is 1. The normalized spacial score (nSPS) is 14.0. The van der Waals surface area contributed by atoms with E-state index in [1.807, 2.05) is 17.6 Å². The van der Waals surface area contributed by atoms with Crippen molar-refractivity contribution in [1.82, 2.24) is 14.9 Å². The molecule has 1 aliphatic heterocycles. The molecule has 0 saturated carbocycles. The van der Waals surface area contributed by atoms with Gasteiger partial charge in [-0.1, -0.05) is 30.2 Å². The molecule has 3 aromatic rings. The lowest BCUT2D eigenvalue weighted by molar-refractivity contribution is 0.0954. The predicted molar refractivity (Wildman–Crippen MR) is 113 cm³/mol. The largest absolute Gasteiger partial charge is 0.347 e. The van der Waals surface area contributed by atoms with Crippen LogP contribution in [-0.4, -0.2) is 15.5 Å². The Hall–Kier alpha value is -2.47. The average molecular weight is 396 g/mol. The first-order valence-corrected chi connectivity index (χ1v) is 10.6. The molecule has 1 N–H and O–H groups in total. The minimum Gasteiger partial charge on any atom is -0.347 e. The summed E-state index contributed by atoms with van der Waals surface area (Å²) in [4.78, 5) is 31.9. The molecule has 4 rings (SSSR count). The fraction of sp³-hybridized carbons (Fsp3) is 0.409. The van der Waals surface area contributed by atoms with Crippen molar-refractivity contribution in [3.8, 4) is 0 Å². The van der Waals surface area contributed by atoms with E-state index in [9.17, 15) is 9.59 Å². The number of fused-ring (bicyclic) bond motifs is 2. The van der Waals surface area contributed by atoms with E-state index in [0.717, 1.165) is 54.7 Å². The van der Waals surface area contributed by atoms with Crippen molar-refractivity contribution in [3.63, 3.8) is 0 Å². The van der Waals surface area contributed by atoms with Crippen molar-refractivity contribution in [2.75, 3.05) is 0 Å². The van der Waals surface area contributed by atoms with Gasteiger partial charge >= 0.3 is 0 Å². The Bertz CT molecular complexity index is 1130. The topological polar surface area (TPSA) is 64.0 Å². The molecule has 0 radical (unpaired) electrons. The molecule has 0 atom stereocenters. The summed E-state index contributed by atoms with van der Waals surface area (Å²) in [5.41, 5.74) is 4.22. The minimum atomic E-state index is -0.139. The second kappa shape index (κ2) is 7.51. The molecule has 0 unspecified atom stereocenters. The SMILES string of the molecule is Cc1ccc(CNC(=O)c2sc3nc4n(c(=O)c3c2C)CCCCC4)c(C)c1. The zero-order chi connectivity index (χ0) is 19.8. The number of nitrogens with one attached hydrogen (secondary N) is 1. The summed E-state index contributed by atoms with van der Waals surface area (Å²) in [6.45, 7) is 7.17. The van der Waals surface area contributed by atoms with E-state index in [1.54, 1.807) is 0 Å². The van der Waals surface area contributed by atoms with Crippen LogP contribution in [-0.2, 0) is 19.5 Å². The van der Waals surface area contributed by atoms with Gasteiger partial charge in [-0.2, -0.15) is 0 Å². The molecule has 0 saturated heterocycles. The van der Waals surface area contributed by atoms with Gasteiger partial charge in [-0.15, -0.1) is 11.3 Å². The van der Waals surface area contributed by atoms with Crippen molar-refractivity contribution < 1.29 is 4.79 Å². The van der Waals surface area contributed by atoms with Gasteiger partial charge in [0.2, 0.25) is 0 Å². The van der Waals surface area contributed by atoms with Crippen molar-refractivity contribution in [2.45, 2.75) is 59.5 Å². The number of aromatic nitrogens is 2. The Morgan fingerprint density at radius 1 is 1.21 bits per heavy atom. The molecule has 1 aromatic carbocycles. The first-order valence-electron chi connectivity index (χ1n) is 9.83. The third-order valence-corrected chi connectivity index (χ3v) is 6.74. The first kappa shape index (κ1) is 18.9. The number of hydrogen-bond acceptors (Lipinski definition) is 4.